The first kappa shape index (κ1) is 8.26. The van der Waals surface area contributed by atoms with Crippen LogP contribution in [0.4, 0.5) is 22.7 Å². The minimum absolute atomic E-state index is 0.353. The monoisotopic (exact) mass is 164 g/mol. The maximum absolute atomic E-state index is 5.59. The molecule has 0 saturated carbocycles. The molecule has 0 unspecified atom stereocenters. The summed E-state index contributed by atoms with van der Waals surface area (Å²) in [7, 11) is 0. The molecule has 4 heteroatoms. The number of benzene rings is 1. The quantitative estimate of drug-likeness (QED) is 0.363. The summed E-state index contributed by atoms with van der Waals surface area (Å²) < 4.78 is 0. The van der Waals surface area contributed by atoms with Crippen LogP contribution in [0.2, 0.25) is 0 Å². The van der Waals surface area contributed by atoms with Crippen LogP contribution in [0.1, 0.15) is 0 Å². The Hall–Kier alpha value is -1.84. The molecular formula is C8H12N4. The van der Waals surface area contributed by atoms with Crippen molar-refractivity contribution in [1.29, 1.82) is 0 Å². The molecule has 0 radical (unpaired) electrons. The van der Waals surface area contributed by atoms with E-state index in [9.17, 15) is 0 Å². The highest BCUT2D eigenvalue weighted by atomic mass is 14.7. The number of nitrogens with two attached hydrogens (primary N) is 4. The molecule has 0 saturated heterocycles. The van der Waals surface area contributed by atoms with Crippen LogP contribution in [0.5, 0.6) is 0 Å². The second kappa shape index (κ2) is 2.34. The molecule has 0 aromatic heterocycles. The van der Waals surface area contributed by atoms with Gasteiger partial charge in [0, 0.05) is 10.4 Å². The van der Waals surface area contributed by atoms with Crippen molar-refractivity contribution in [2.24, 2.45) is 0 Å². The summed E-state index contributed by atoms with van der Waals surface area (Å²) in [5, 5.41) is 0.940. The fourth-order valence-electron chi connectivity index (χ4n) is 0.940. The average molecular weight is 164 g/mol. The zero-order valence-electron chi connectivity index (χ0n) is 6.72. The smallest absolute Gasteiger partial charge is 0.0643 e. The van der Waals surface area contributed by atoms with E-state index in [1.54, 1.807) is 0 Å². The Morgan fingerprint density at radius 3 is 0.917 bits per heavy atom. The highest BCUT2D eigenvalue weighted by Crippen LogP contribution is 2.11. The Labute approximate surface area is 70.1 Å². The molecule has 0 fully saturated rings. The van der Waals surface area contributed by atoms with Crippen molar-refractivity contribution in [1.82, 2.24) is 0 Å². The van der Waals surface area contributed by atoms with E-state index in [-0.39, 0.29) is 0 Å². The van der Waals surface area contributed by atoms with E-state index >= 15 is 0 Å². The van der Waals surface area contributed by atoms with Gasteiger partial charge in [0.1, 0.15) is 0 Å². The number of rotatable bonds is 0. The molecule has 0 bridgehead atoms. The summed E-state index contributed by atoms with van der Waals surface area (Å²) in [6.45, 7) is 7.29. The Balaban J connectivity index is 3.86. The van der Waals surface area contributed by atoms with E-state index in [0.29, 0.717) is 33.2 Å². The van der Waals surface area contributed by atoms with Gasteiger partial charge in [0.25, 0.3) is 0 Å². The van der Waals surface area contributed by atoms with Crippen LogP contribution in [-0.4, -0.2) is 0 Å². The van der Waals surface area contributed by atoms with E-state index in [1.807, 2.05) is 0 Å². The molecule has 12 heavy (non-hydrogen) atoms. The van der Waals surface area contributed by atoms with E-state index in [4.69, 9.17) is 22.9 Å². The summed E-state index contributed by atoms with van der Waals surface area (Å²) in [5.41, 5.74) is 23.8. The first-order chi connectivity index (χ1) is 5.46. The molecule has 64 valence electrons. The maximum atomic E-state index is 5.59. The number of hydrogen-bond acceptors (Lipinski definition) is 4. The van der Waals surface area contributed by atoms with Crippen molar-refractivity contribution in [2.75, 3.05) is 22.9 Å². The molecule has 0 heterocycles. The lowest BCUT2D eigenvalue weighted by molar-refractivity contribution is 1.54. The van der Waals surface area contributed by atoms with E-state index in [2.05, 4.69) is 13.2 Å². The van der Waals surface area contributed by atoms with Crippen molar-refractivity contribution in [3.8, 4) is 0 Å². The van der Waals surface area contributed by atoms with Crippen LogP contribution in [0.15, 0.2) is 0 Å². The van der Waals surface area contributed by atoms with Crippen LogP contribution < -0.4 is 33.4 Å². The topological polar surface area (TPSA) is 104 Å². The van der Waals surface area contributed by atoms with Gasteiger partial charge in [-0.15, -0.1) is 0 Å². The molecule has 0 aliphatic rings. The summed E-state index contributed by atoms with van der Waals surface area (Å²) >= 11 is 0. The van der Waals surface area contributed by atoms with Gasteiger partial charge in [-0.1, -0.05) is 13.2 Å². The van der Waals surface area contributed by atoms with E-state index in [0.717, 1.165) is 0 Å². The lowest BCUT2D eigenvalue weighted by atomic mass is 10.1. The van der Waals surface area contributed by atoms with Crippen molar-refractivity contribution in [2.45, 2.75) is 0 Å². The number of hydrogen-bond donors (Lipinski definition) is 4. The first-order valence-corrected chi connectivity index (χ1v) is 3.36. The fourth-order valence-corrected chi connectivity index (χ4v) is 0.940. The summed E-state index contributed by atoms with van der Waals surface area (Å²) in [6.07, 6.45) is 0. The van der Waals surface area contributed by atoms with Crippen molar-refractivity contribution >= 4 is 35.9 Å². The van der Waals surface area contributed by atoms with Crippen LogP contribution in [-0.2, 0) is 0 Å². The molecule has 1 aromatic rings. The Bertz CT molecular complexity index is 346. The third-order valence-electron chi connectivity index (χ3n) is 1.88. The standard InChI is InChI=1S/C8H12N4/c1-3-5(9)7(11)4(2)8(12)6(3)10/h1-2,9-12H2. The second-order valence-electron chi connectivity index (χ2n) is 2.61. The van der Waals surface area contributed by atoms with Crippen molar-refractivity contribution < 1.29 is 0 Å². The molecule has 0 spiro atoms. The minimum atomic E-state index is 0.353. The van der Waals surface area contributed by atoms with Crippen LogP contribution in [0.3, 0.4) is 0 Å². The van der Waals surface area contributed by atoms with Gasteiger partial charge in [-0.05, 0) is 0 Å². The SMILES string of the molecule is C=c1c(N)c(N)c(=C)c(N)c1N. The number of anilines is 4. The minimum Gasteiger partial charge on any atom is -0.397 e. The molecule has 1 rings (SSSR count). The highest BCUT2D eigenvalue weighted by Gasteiger charge is 2.04. The predicted molar refractivity (Wildman–Crippen MR) is 54.4 cm³/mol. The van der Waals surface area contributed by atoms with Gasteiger partial charge in [0.05, 0.1) is 22.7 Å². The normalized spacial score (nSPS) is 10.0. The second-order valence-corrected chi connectivity index (χ2v) is 2.61. The highest BCUT2D eigenvalue weighted by molar-refractivity contribution is 5.80. The molecule has 0 atom stereocenters. The number of nitrogen functional groups attached to an aromatic ring is 4. The lowest BCUT2D eigenvalue weighted by Crippen LogP contribution is -2.25. The third-order valence-corrected chi connectivity index (χ3v) is 1.88. The van der Waals surface area contributed by atoms with Gasteiger partial charge in [-0.25, -0.2) is 0 Å². The Morgan fingerprint density at radius 2 is 0.750 bits per heavy atom. The lowest BCUT2D eigenvalue weighted by Gasteiger charge is -2.07. The zero-order chi connectivity index (χ0) is 9.46. The van der Waals surface area contributed by atoms with Gasteiger partial charge in [-0.3, -0.25) is 0 Å². The largest absolute Gasteiger partial charge is 0.397 e. The summed E-state index contributed by atoms with van der Waals surface area (Å²) in [4.78, 5) is 0. The third kappa shape index (κ3) is 0.852. The van der Waals surface area contributed by atoms with Gasteiger partial charge >= 0.3 is 0 Å². The van der Waals surface area contributed by atoms with Crippen LogP contribution >= 0.6 is 0 Å². The average Bonchev–Trinajstić information content (AvgIpc) is 2.08. The van der Waals surface area contributed by atoms with Gasteiger partial charge in [0.2, 0.25) is 0 Å². The predicted octanol–water partition coefficient (Wildman–Crippen LogP) is -1.16. The van der Waals surface area contributed by atoms with Gasteiger partial charge < -0.3 is 22.9 Å². The Kier molecular flexibility index (Phi) is 1.61. The maximum Gasteiger partial charge on any atom is 0.0643 e. The molecule has 1 aromatic carbocycles. The van der Waals surface area contributed by atoms with E-state index < -0.39 is 0 Å². The van der Waals surface area contributed by atoms with Crippen LogP contribution in [0, 0.1) is 0 Å². The summed E-state index contributed by atoms with van der Waals surface area (Å²) in [6, 6.07) is 0. The molecular weight excluding hydrogens is 152 g/mol. The fraction of sp³-hybridized carbons (Fsp3) is 0. The van der Waals surface area contributed by atoms with E-state index in [1.165, 1.54) is 0 Å². The molecule has 0 amide bonds. The molecule has 8 N–H and O–H groups in total. The van der Waals surface area contributed by atoms with Crippen molar-refractivity contribution in [3.63, 3.8) is 0 Å². The Morgan fingerprint density at radius 1 is 0.583 bits per heavy atom. The summed E-state index contributed by atoms with van der Waals surface area (Å²) in [5.74, 6) is 0. The molecule has 0 aliphatic heterocycles. The van der Waals surface area contributed by atoms with Gasteiger partial charge in [-0.2, -0.15) is 0 Å². The van der Waals surface area contributed by atoms with Gasteiger partial charge in [0.15, 0.2) is 0 Å². The first-order valence-electron chi connectivity index (χ1n) is 3.36. The van der Waals surface area contributed by atoms with Crippen molar-refractivity contribution in [3.05, 3.63) is 10.4 Å². The molecule has 4 nitrogen and oxygen atoms in total. The molecule has 0 aliphatic carbocycles. The zero-order valence-corrected chi connectivity index (χ0v) is 6.72. The van der Waals surface area contributed by atoms with Crippen LogP contribution in [0.25, 0.3) is 13.2 Å².